The molecule has 0 bridgehead atoms. The van der Waals surface area contributed by atoms with E-state index in [0.717, 1.165) is 35.1 Å². The molecule has 4 unspecified atom stereocenters. The summed E-state index contributed by atoms with van der Waals surface area (Å²) < 4.78 is 5.54. The zero-order valence-corrected chi connectivity index (χ0v) is 25.5. The van der Waals surface area contributed by atoms with Gasteiger partial charge in [-0.3, -0.25) is 9.59 Å². The topological polar surface area (TPSA) is 87.7 Å². The van der Waals surface area contributed by atoms with Gasteiger partial charge in [0, 0.05) is 18.2 Å². The molecule has 0 heterocycles. The van der Waals surface area contributed by atoms with Crippen LogP contribution in [0.4, 0.5) is 10.5 Å². The fourth-order valence-corrected chi connectivity index (χ4v) is 5.14. The minimum absolute atomic E-state index is 0.144. The number of carbonyl (C=O) groups excluding carboxylic acids is 3. The van der Waals surface area contributed by atoms with Crippen molar-refractivity contribution in [2.45, 2.75) is 84.5 Å². The first-order valence-corrected chi connectivity index (χ1v) is 14.8. The molecule has 4 atom stereocenters. The third-order valence-corrected chi connectivity index (χ3v) is 7.58. The zero-order valence-electron chi connectivity index (χ0n) is 25.5. The van der Waals surface area contributed by atoms with Gasteiger partial charge in [-0.05, 0) is 74.8 Å². The number of rotatable bonds is 10. The molecule has 1 aliphatic carbocycles. The van der Waals surface area contributed by atoms with Crippen molar-refractivity contribution in [2.75, 3.05) is 5.32 Å². The van der Waals surface area contributed by atoms with Gasteiger partial charge in [0.05, 0.1) is 0 Å². The minimum Gasteiger partial charge on any atom is -0.444 e. The molecule has 42 heavy (non-hydrogen) atoms. The molecule has 222 valence electrons. The van der Waals surface area contributed by atoms with Gasteiger partial charge in [-0.1, -0.05) is 86.6 Å². The van der Waals surface area contributed by atoms with Crippen molar-refractivity contribution < 1.29 is 19.1 Å². The van der Waals surface area contributed by atoms with Crippen LogP contribution in [0.3, 0.4) is 0 Å². The van der Waals surface area contributed by atoms with E-state index in [9.17, 15) is 14.4 Å². The SMILES string of the molecule is CCc1ccc(C(C(=O)Nc2ccccc2C)N(C(=O)C(Cc2ccccc2)NC(=O)OC(C)(C)C)C2CC2C)cc1. The highest BCUT2D eigenvalue weighted by atomic mass is 16.6. The van der Waals surface area contributed by atoms with Crippen molar-refractivity contribution >= 4 is 23.6 Å². The van der Waals surface area contributed by atoms with Gasteiger partial charge < -0.3 is 20.3 Å². The quantitative estimate of drug-likeness (QED) is 0.288. The van der Waals surface area contributed by atoms with Crippen LogP contribution in [-0.4, -0.2) is 40.5 Å². The van der Waals surface area contributed by atoms with Gasteiger partial charge >= 0.3 is 6.09 Å². The standard InChI is InChI=1S/C35H43N3O4/c1-7-25-17-19-27(20-18-25)31(32(39)36-28-16-12-11-13-23(28)2)38(30-21-24(30)3)33(40)29(22-26-14-9-8-10-15-26)37-34(41)42-35(4,5)6/h8-20,24,29-31H,7,21-22H2,1-6H3,(H,36,39)(H,37,41). The molecule has 3 amide bonds. The lowest BCUT2D eigenvalue weighted by atomic mass is 9.98. The van der Waals surface area contributed by atoms with E-state index >= 15 is 0 Å². The van der Waals surface area contributed by atoms with E-state index in [1.54, 1.807) is 25.7 Å². The molecule has 0 aliphatic heterocycles. The third kappa shape index (κ3) is 7.99. The molecule has 2 N–H and O–H groups in total. The van der Waals surface area contributed by atoms with Gasteiger partial charge in [-0.25, -0.2) is 4.79 Å². The van der Waals surface area contributed by atoms with Crippen LogP contribution in [0, 0.1) is 12.8 Å². The van der Waals surface area contributed by atoms with Gasteiger partial charge in [0.25, 0.3) is 5.91 Å². The molecule has 4 rings (SSSR count). The molecule has 0 aromatic heterocycles. The summed E-state index contributed by atoms with van der Waals surface area (Å²) in [4.78, 5) is 43.5. The Balaban J connectivity index is 1.75. The number of aryl methyl sites for hydroxylation is 2. The number of carbonyl (C=O) groups is 3. The van der Waals surface area contributed by atoms with Gasteiger partial charge in [-0.2, -0.15) is 0 Å². The van der Waals surface area contributed by atoms with Gasteiger partial charge in [0.2, 0.25) is 5.91 Å². The number of ether oxygens (including phenoxy) is 1. The summed E-state index contributed by atoms with van der Waals surface area (Å²) in [6.07, 6.45) is 1.23. The van der Waals surface area contributed by atoms with E-state index in [2.05, 4.69) is 24.5 Å². The molecular formula is C35H43N3O4. The van der Waals surface area contributed by atoms with Crippen LogP contribution < -0.4 is 10.6 Å². The molecule has 1 saturated carbocycles. The molecule has 3 aromatic carbocycles. The van der Waals surface area contributed by atoms with Crippen LogP contribution in [0.25, 0.3) is 0 Å². The highest BCUT2D eigenvalue weighted by Crippen LogP contribution is 2.41. The first-order chi connectivity index (χ1) is 20.0. The number of hydrogen-bond acceptors (Lipinski definition) is 4. The normalized spacial score (nSPS) is 17.5. The second-order valence-electron chi connectivity index (χ2n) is 12.2. The van der Waals surface area contributed by atoms with E-state index in [0.29, 0.717) is 5.69 Å². The predicted octanol–water partition coefficient (Wildman–Crippen LogP) is 6.61. The number of para-hydroxylation sites is 1. The number of hydrogen-bond donors (Lipinski definition) is 2. The van der Waals surface area contributed by atoms with Crippen LogP contribution in [0.2, 0.25) is 0 Å². The average molecular weight is 570 g/mol. The Hall–Kier alpha value is -4.13. The van der Waals surface area contributed by atoms with Crippen LogP contribution in [0.15, 0.2) is 78.9 Å². The summed E-state index contributed by atoms with van der Waals surface area (Å²) in [5.41, 5.74) is 3.65. The Morgan fingerprint density at radius 2 is 1.55 bits per heavy atom. The number of nitrogens with one attached hydrogen (secondary N) is 2. The number of nitrogens with zero attached hydrogens (tertiary/aromatic N) is 1. The van der Waals surface area contributed by atoms with E-state index < -0.39 is 23.8 Å². The number of amides is 3. The van der Waals surface area contributed by atoms with E-state index in [-0.39, 0.29) is 30.2 Å². The maximum Gasteiger partial charge on any atom is 0.408 e. The number of alkyl carbamates (subject to hydrolysis) is 1. The van der Waals surface area contributed by atoms with Gasteiger partial charge in [0.1, 0.15) is 17.7 Å². The molecule has 0 radical (unpaired) electrons. The van der Waals surface area contributed by atoms with Crippen LogP contribution in [-0.2, 0) is 27.2 Å². The van der Waals surface area contributed by atoms with E-state index in [4.69, 9.17) is 4.74 Å². The lowest BCUT2D eigenvalue weighted by Gasteiger charge is -2.35. The summed E-state index contributed by atoms with van der Waals surface area (Å²) in [6.45, 7) is 11.4. The van der Waals surface area contributed by atoms with Crippen LogP contribution in [0.5, 0.6) is 0 Å². The fraction of sp³-hybridized carbons (Fsp3) is 0.400. The Kier molecular flexibility index (Phi) is 9.71. The molecule has 1 fully saturated rings. The number of benzene rings is 3. The van der Waals surface area contributed by atoms with Crippen molar-refractivity contribution in [1.29, 1.82) is 0 Å². The lowest BCUT2D eigenvalue weighted by molar-refractivity contribution is -0.141. The summed E-state index contributed by atoms with van der Waals surface area (Å²) in [5.74, 6) is -0.392. The Labute approximate surface area is 249 Å². The second kappa shape index (κ2) is 13.2. The Morgan fingerprint density at radius 3 is 2.12 bits per heavy atom. The monoisotopic (exact) mass is 569 g/mol. The lowest BCUT2D eigenvalue weighted by Crippen LogP contribution is -2.54. The first-order valence-electron chi connectivity index (χ1n) is 14.8. The summed E-state index contributed by atoms with van der Waals surface area (Å²) in [6, 6.07) is 23.1. The highest BCUT2D eigenvalue weighted by Gasteiger charge is 2.48. The number of anilines is 1. The molecule has 7 heteroatoms. The molecule has 7 nitrogen and oxygen atoms in total. The fourth-order valence-electron chi connectivity index (χ4n) is 5.14. The highest BCUT2D eigenvalue weighted by molar-refractivity contribution is 5.99. The molecule has 0 spiro atoms. The summed E-state index contributed by atoms with van der Waals surface area (Å²) >= 11 is 0. The van der Waals surface area contributed by atoms with Crippen LogP contribution >= 0.6 is 0 Å². The molecular weight excluding hydrogens is 526 g/mol. The average Bonchev–Trinajstić information content (AvgIpc) is 3.67. The van der Waals surface area contributed by atoms with Crippen molar-refractivity contribution in [3.05, 3.63) is 101 Å². The molecule has 0 saturated heterocycles. The Bertz CT molecular complexity index is 1380. The van der Waals surface area contributed by atoms with Gasteiger partial charge in [0.15, 0.2) is 0 Å². The van der Waals surface area contributed by atoms with Crippen molar-refractivity contribution in [3.63, 3.8) is 0 Å². The second-order valence-corrected chi connectivity index (χ2v) is 12.2. The van der Waals surface area contributed by atoms with E-state index in [1.807, 2.05) is 85.8 Å². The summed E-state index contributed by atoms with van der Waals surface area (Å²) in [7, 11) is 0. The molecule has 1 aliphatic rings. The maximum atomic E-state index is 14.6. The van der Waals surface area contributed by atoms with Gasteiger partial charge in [-0.15, -0.1) is 0 Å². The van der Waals surface area contributed by atoms with Crippen molar-refractivity contribution in [1.82, 2.24) is 10.2 Å². The smallest absolute Gasteiger partial charge is 0.408 e. The first kappa shape index (κ1) is 30.8. The maximum absolute atomic E-state index is 14.6. The van der Waals surface area contributed by atoms with E-state index in [1.165, 1.54) is 0 Å². The zero-order chi connectivity index (χ0) is 30.4. The predicted molar refractivity (Wildman–Crippen MR) is 166 cm³/mol. The Morgan fingerprint density at radius 1 is 0.929 bits per heavy atom. The molecule has 3 aromatic rings. The third-order valence-electron chi connectivity index (χ3n) is 7.58. The van der Waals surface area contributed by atoms with Crippen LogP contribution in [0.1, 0.15) is 69.3 Å². The van der Waals surface area contributed by atoms with Crippen molar-refractivity contribution in [2.24, 2.45) is 5.92 Å². The minimum atomic E-state index is -0.932. The largest absolute Gasteiger partial charge is 0.444 e. The summed E-state index contributed by atoms with van der Waals surface area (Å²) in [5, 5.41) is 5.92. The van der Waals surface area contributed by atoms with Crippen molar-refractivity contribution in [3.8, 4) is 0 Å².